The van der Waals surface area contributed by atoms with Crippen molar-refractivity contribution in [3.8, 4) is 0 Å². The highest BCUT2D eigenvalue weighted by Crippen LogP contribution is 2.26. The third-order valence-corrected chi connectivity index (χ3v) is 4.11. The van der Waals surface area contributed by atoms with Crippen LogP contribution in [0.5, 0.6) is 0 Å². The fraction of sp³-hybridized carbons (Fsp3) is 0.533. The lowest BCUT2D eigenvalue weighted by Crippen LogP contribution is -2.54. The Balaban J connectivity index is 1.96. The Morgan fingerprint density at radius 2 is 1.80 bits per heavy atom. The van der Waals surface area contributed by atoms with Gasteiger partial charge in [0.1, 0.15) is 0 Å². The number of piperazine rings is 1. The highest BCUT2D eigenvalue weighted by molar-refractivity contribution is 6.33. The van der Waals surface area contributed by atoms with Crippen molar-refractivity contribution < 1.29 is 4.79 Å². The smallest absolute Gasteiger partial charge is 0.239 e. The summed E-state index contributed by atoms with van der Waals surface area (Å²) in [5, 5.41) is 0.756. The monoisotopic (exact) mass is 295 g/mol. The number of nitrogens with zero attached hydrogens (tertiary/aromatic N) is 2. The average molecular weight is 296 g/mol. The van der Waals surface area contributed by atoms with E-state index in [4.69, 9.17) is 17.3 Å². The van der Waals surface area contributed by atoms with E-state index in [0.717, 1.165) is 23.8 Å². The first-order valence-corrected chi connectivity index (χ1v) is 7.42. The molecule has 20 heavy (non-hydrogen) atoms. The van der Waals surface area contributed by atoms with Crippen LogP contribution in [0.4, 0.5) is 5.69 Å². The second kappa shape index (κ2) is 6.46. The van der Waals surface area contributed by atoms with E-state index in [-0.39, 0.29) is 11.8 Å². The molecule has 4 nitrogen and oxygen atoms in total. The van der Waals surface area contributed by atoms with E-state index in [1.807, 2.05) is 43.0 Å². The summed E-state index contributed by atoms with van der Waals surface area (Å²) in [4.78, 5) is 16.3. The van der Waals surface area contributed by atoms with Gasteiger partial charge in [-0.2, -0.15) is 0 Å². The summed E-state index contributed by atoms with van der Waals surface area (Å²) in [5.41, 5.74) is 6.97. The molecule has 0 saturated carbocycles. The van der Waals surface area contributed by atoms with E-state index in [0.29, 0.717) is 13.1 Å². The number of para-hydroxylation sites is 1. The maximum atomic E-state index is 12.2. The molecule has 0 spiro atoms. The minimum Gasteiger partial charge on any atom is -0.367 e. The maximum Gasteiger partial charge on any atom is 0.239 e. The number of carbonyl (C=O) groups excluding carboxylic acids is 1. The normalized spacial score (nSPS) is 17.4. The lowest BCUT2D eigenvalue weighted by Gasteiger charge is -2.37. The highest BCUT2D eigenvalue weighted by atomic mass is 35.5. The van der Waals surface area contributed by atoms with Crippen molar-refractivity contribution in [3.05, 3.63) is 29.3 Å². The van der Waals surface area contributed by atoms with E-state index >= 15 is 0 Å². The summed E-state index contributed by atoms with van der Waals surface area (Å²) in [6.45, 7) is 6.93. The number of benzene rings is 1. The van der Waals surface area contributed by atoms with Gasteiger partial charge in [-0.25, -0.2) is 0 Å². The maximum absolute atomic E-state index is 12.2. The van der Waals surface area contributed by atoms with E-state index < -0.39 is 6.04 Å². The molecule has 1 aromatic rings. The predicted octanol–water partition coefficient (Wildman–Crippen LogP) is 1.97. The molecule has 2 N–H and O–H groups in total. The zero-order valence-electron chi connectivity index (χ0n) is 12.1. The van der Waals surface area contributed by atoms with Crippen molar-refractivity contribution in [2.24, 2.45) is 11.7 Å². The second-order valence-electron chi connectivity index (χ2n) is 5.53. The molecule has 1 atom stereocenters. The van der Waals surface area contributed by atoms with Gasteiger partial charge in [0.2, 0.25) is 5.91 Å². The fourth-order valence-electron chi connectivity index (χ4n) is 2.37. The van der Waals surface area contributed by atoms with Crippen LogP contribution in [0, 0.1) is 5.92 Å². The van der Waals surface area contributed by atoms with E-state index in [1.165, 1.54) is 0 Å². The lowest BCUT2D eigenvalue weighted by atomic mass is 10.0. The quantitative estimate of drug-likeness (QED) is 0.927. The molecule has 0 aromatic heterocycles. The zero-order valence-corrected chi connectivity index (χ0v) is 12.8. The Morgan fingerprint density at radius 3 is 2.35 bits per heavy atom. The average Bonchev–Trinajstić information content (AvgIpc) is 2.46. The molecule has 1 aliphatic rings. The van der Waals surface area contributed by atoms with Crippen LogP contribution in [0.1, 0.15) is 13.8 Å². The summed E-state index contributed by atoms with van der Waals surface area (Å²) in [6.07, 6.45) is 0. The third-order valence-electron chi connectivity index (χ3n) is 3.79. The van der Waals surface area contributed by atoms with Gasteiger partial charge in [0.15, 0.2) is 0 Å². The van der Waals surface area contributed by atoms with Gasteiger partial charge in [-0.05, 0) is 18.1 Å². The standard InChI is InChI=1S/C15H22ClN3O/c1-11(2)14(17)15(20)19-9-7-18(8-10-19)13-6-4-3-5-12(13)16/h3-6,11,14H,7-10,17H2,1-2H3/t14-/m0/s1. The first kappa shape index (κ1) is 15.1. The lowest BCUT2D eigenvalue weighted by molar-refractivity contribution is -0.133. The minimum atomic E-state index is -0.401. The third kappa shape index (κ3) is 3.25. The molecule has 1 saturated heterocycles. The van der Waals surface area contributed by atoms with Crippen molar-refractivity contribution in [2.45, 2.75) is 19.9 Å². The van der Waals surface area contributed by atoms with Crippen LogP contribution < -0.4 is 10.6 Å². The summed E-state index contributed by atoms with van der Waals surface area (Å²) in [6, 6.07) is 7.41. The molecule has 110 valence electrons. The van der Waals surface area contributed by atoms with Crippen molar-refractivity contribution in [1.82, 2.24) is 4.90 Å². The Morgan fingerprint density at radius 1 is 1.20 bits per heavy atom. The molecular weight excluding hydrogens is 274 g/mol. The number of carbonyl (C=O) groups is 1. The second-order valence-corrected chi connectivity index (χ2v) is 5.94. The number of hydrogen-bond donors (Lipinski definition) is 1. The van der Waals surface area contributed by atoms with Crippen LogP contribution >= 0.6 is 11.6 Å². The van der Waals surface area contributed by atoms with Crippen molar-refractivity contribution >= 4 is 23.2 Å². The van der Waals surface area contributed by atoms with Crippen LogP contribution in [0.3, 0.4) is 0 Å². The van der Waals surface area contributed by atoms with Crippen molar-refractivity contribution in [3.63, 3.8) is 0 Å². The van der Waals surface area contributed by atoms with Crippen LogP contribution in [0.15, 0.2) is 24.3 Å². The molecule has 0 bridgehead atoms. The zero-order chi connectivity index (χ0) is 14.7. The van der Waals surface area contributed by atoms with Crippen molar-refractivity contribution in [2.75, 3.05) is 31.1 Å². The Labute approximate surface area is 125 Å². The number of nitrogens with two attached hydrogens (primary N) is 1. The summed E-state index contributed by atoms with van der Waals surface area (Å²) >= 11 is 6.21. The largest absolute Gasteiger partial charge is 0.367 e. The number of halogens is 1. The minimum absolute atomic E-state index is 0.0545. The van der Waals surface area contributed by atoms with Gasteiger partial charge in [-0.3, -0.25) is 4.79 Å². The molecule has 0 radical (unpaired) electrons. The van der Waals surface area contributed by atoms with Gasteiger partial charge in [-0.15, -0.1) is 0 Å². The molecule has 0 aliphatic carbocycles. The van der Waals surface area contributed by atoms with Gasteiger partial charge in [0.25, 0.3) is 0 Å². The van der Waals surface area contributed by atoms with Crippen LogP contribution in [0.25, 0.3) is 0 Å². The summed E-state index contributed by atoms with van der Waals surface area (Å²) < 4.78 is 0. The summed E-state index contributed by atoms with van der Waals surface area (Å²) in [7, 11) is 0. The number of hydrogen-bond acceptors (Lipinski definition) is 3. The van der Waals surface area contributed by atoms with Crippen molar-refractivity contribution in [1.29, 1.82) is 0 Å². The molecule has 1 heterocycles. The fourth-order valence-corrected chi connectivity index (χ4v) is 2.63. The topological polar surface area (TPSA) is 49.6 Å². The van der Waals surface area contributed by atoms with E-state index in [2.05, 4.69) is 4.90 Å². The van der Waals surface area contributed by atoms with Gasteiger partial charge in [-0.1, -0.05) is 37.6 Å². The Kier molecular flexibility index (Phi) is 4.89. The van der Waals surface area contributed by atoms with Crippen LogP contribution in [0.2, 0.25) is 5.02 Å². The number of rotatable bonds is 3. The molecule has 1 fully saturated rings. The molecule has 5 heteroatoms. The molecule has 2 rings (SSSR count). The highest BCUT2D eigenvalue weighted by Gasteiger charge is 2.27. The van der Waals surface area contributed by atoms with Gasteiger partial charge in [0, 0.05) is 26.2 Å². The number of anilines is 1. The van der Waals surface area contributed by atoms with Gasteiger partial charge in [0.05, 0.1) is 16.8 Å². The molecule has 1 aromatic carbocycles. The Hall–Kier alpha value is -1.26. The SMILES string of the molecule is CC(C)[C@H](N)C(=O)N1CCN(c2ccccc2Cl)CC1. The molecule has 1 aliphatic heterocycles. The van der Waals surface area contributed by atoms with E-state index in [9.17, 15) is 4.79 Å². The molecule has 1 amide bonds. The first-order chi connectivity index (χ1) is 9.50. The number of amides is 1. The van der Waals surface area contributed by atoms with Crippen LogP contribution in [-0.4, -0.2) is 43.0 Å². The van der Waals surface area contributed by atoms with Crippen LogP contribution in [-0.2, 0) is 4.79 Å². The summed E-state index contributed by atoms with van der Waals surface area (Å²) in [5.74, 6) is 0.225. The molecule has 0 unspecified atom stereocenters. The predicted molar refractivity (Wildman–Crippen MR) is 83.1 cm³/mol. The first-order valence-electron chi connectivity index (χ1n) is 7.04. The molecular formula is C15H22ClN3O. The van der Waals surface area contributed by atoms with E-state index in [1.54, 1.807) is 0 Å². The van der Waals surface area contributed by atoms with Gasteiger partial charge >= 0.3 is 0 Å². The van der Waals surface area contributed by atoms with Gasteiger partial charge < -0.3 is 15.5 Å². The Bertz CT molecular complexity index is 470.